The van der Waals surface area contributed by atoms with Gasteiger partial charge in [0.2, 0.25) is 0 Å². The van der Waals surface area contributed by atoms with Gasteiger partial charge in [0.05, 0.1) is 5.52 Å². The molecule has 0 aliphatic rings. The molecule has 0 aliphatic carbocycles. The Balaban J connectivity index is 2.10. The van der Waals surface area contributed by atoms with Gasteiger partial charge in [0.15, 0.2) is 6.29 Å². The second kappa shape index (κ2) is 4.49. The Kier molecular flexibility index (Phi) is 2.69. The highest BCUT2D eigenvalue weighted by atomic mass is 16.1. The maximum absolute atomic E-state index is 11.1. The van der Waals surface area contributed by atoms with Crippen LogP contribution in [-0.2, 0) is 6.54 Å². The lowest BCUT2D eigenvalue weighted by Crippen LogP contribution is -1.99. The summed E-state index contributed by atoms with van der Waals surface area (Å²) in [5.74, 6) is 0. The van der Waals surface area contributed by atoms with E-state index < -0.39 is 0 Å². The Bertz CT molecular complexity index is 683. The average Bonchev–Trinajstić information content (AvgIpc) is 2.83. The minimum absolute atomic E-state index is 0.744. The van der Waals surface area contributed by atoms with Crippen LogP contribution in [0.1, 0.15) is 15.9 Å². The summed E-state index contributed by atoms with van der Waals surface area (Å²) in [7, 11) is 0. The number of hydrogen-bond acceptors (Lipinski definition) is 1. The molecule has 0 unspecified atom stereocenters. The zero-order chi connectivity index (χ0) is 12.4. The Morgan fingerprint density at radius 3 is 2.56 bits per heavy atom. The summed E-state index contributed by atoms with van der Waals surface area (Å²) < 4.78 is 2.12. The van der Waals surface area contributed by atoms with Crippen LogP contribution in [0.5, 0.6) is 0 Å². The Morgan fingerprint density at radius 1 is 0.944 bits per heavy atom. The molecular weight excluding hydrogens is 222 g/mol. The summed E-state index contributed by atoms with van der Waals surface area (Å²) in [6.07, 6.45) is 2.95. The fraction of sp³-hybridized carbons (Fsp3) is 0.0625. The van der Waals surface area contributed by atoms with Crippen molar-refractivity contribution in [2.45, 2.75) is 6.54 Å². The van der Waals surface area contributed by atoms with E-state index in [4.69, 9.17) is 0 Å². The normalized spacial score (nSPS) is 10.7. The van der Waals surface area contributed by atoms with Crippen molar-refractivity contribution in [1.29, 1.82) is 0 Å². The number of benzene rings is 2. The highest BCUT2D eigenvalue weighted by molar-refractivity contribution is 5.96. The Morgan fingerprint density at radius 2 is 1.78 bits per heavy atom. The first-order valence-electron chi connectivity index (χ1n) is 5.95. The Labute approximate surface area is 105 Å². The number of nitrogens with zero attached hydrogens (tertiary/aromatic N) is 1. The zero-order valence-electron chi connectivity index (χ0n) is 9.91. The van der Waals surface area contributed by atoms with E-state index in [2.05, 4.69) is 16.7 Å². The van der Waals surface area contributed by atoms with Crippen LogP contribution in [0, 0.1) is 0 Å². The first-order chi connectivity index (χ1) is 8.88. The fourth-order valence-electron chi connectivity index (χ4n) is 2.30. The van der Waals surface area contributed by atoms with E-state index in [9.17, 15) is 4.79 Å². The molecule has 0 radical (unpaired) electrons. The van der Waals surface area contributed by atoms with Gasteiger partial charge in [-0.3, -0.25) is 4.79 Å². The standard InChI is InChI=1S/C16H13NO/c18-12-15-8-4-7-14-9-10-17(16(14)15)11-13-5-2-1-3-6-13/h1-10,12H,11H2. The van der Waals surface area contributed by atoms with Crippen molar-refractivity contribution in [3.63, 3.8) is 0 Å². The molecular formula is C16H13NO. The van der Waals surface area contributed by atoms with Gasteiger partial charge in [-0.25, -0.2) is 0 Å². The smallest absolute Gasteiger partial charge is 0.152 e. The van der Waals surface area contributed by atoms with Crippen LogP contribution in [0.2, 0.25) is 0 Å². The van der Waals surface area contributed by atoms with Gasteiger partial charge in [-0.05, 0) is 17.7 Å². The molecule has 0 aliphatic heterocycles. The predicted molar refractivity (Wildman–Crippen MR) is 72.9 cm³/mol. The van der Waals surface area contributed by atoms with E-state index in [1.54, 1.807) is 0 Å². The molecule has 2 aromatic carbocycles. The maximum atomic E-state index is 11.1. The van der Waals surface area contributed by atoms with Crippen molar-refractivity contribution in [2.75, 3.05) is 0 Å². The molecule has 0 amide bonds. The van der Waals surface area contributed by atoms with Crippen LogP contribution in [-0.4, -0.2) is 10.9 Å². The van der Waals surface area contributed by atoms with Crippen LogP contribution in [0.3, 0.4) is 0 Å². The third kappa shape index (κ3) is 1.82. The third-order valence-corrected chi connectivity index (χ3v) is 3.14. The highest BCUT2D eigenvalue weighted by Crippen LogP contribution is 2.20. The maximum Gasteiger partial charge on any atom is 0.152 e. The molecule has 3 aromatic rings. The van der Waals surface area contributed by atoms with E-state index in [-0.39, 0.29) is 0 Å². The summed E-state index contributed by atoms with van der Waals surface area (Å²) in [4.78, 5) is 11.1. The van der Waals surface area contributed by atoms with E-state index in [1.165, 1.54) is 5.56 Å². The van der Waals surface area contributed by atoms with Gasteiger partial charge in [0, 0.05) is 23.7 Å². The summed E-state index contributed by atoms with van der Waals surface area (Å²) in [5.41, 5.74) is 2.99. The number of carbonyl (C=O) groups excluding carboxylic acids is 1. The molecule has 0 saturated carbocycles. The quantitative estimate of drug-likeness (QED) is 0.637. The SMILES string of the molecule is O=Cc1cccc2ccn(Cc3ccccc3)c12. The first-order valence-corrected chi connectivity index (χ1v) is 5.95. The second-order valence-corrected chi connectivity index (χ2v) is 4.33. The van der Waals surface area contributed by atoms with Crippen LogP contribution in [0.4, 0.5) is 0 Å². The van der Waals surface area contributed by atoms with Crippen molar-refractivity contribution in [3.8, 4) is 0 Å². The predicted octanol–water partition coefficient (Wildman–Crippen LogP) is 3.50. The zero-order valence-corrected chi connectivity index (χ0v) is 9.91. The summed E-state index contributed by atoms with van der Waals surface area (Å²) in [6.45, 7) is 0.787. The lowest BCUT2D eigenvalue weighted by atomic mass is 10.1. The number of para-hydroxylation sites is 1. The van der Waals surface area contributed by atoms with Gasteiger partial charge in [0.25, 0.3) is 0 Å². The van der Waals surface area contributed by atoms with E-state index in [0.717, 1.165) is 29.3 Å². The van der Waals surface area contributed by atoms with Gasteiger partial charge >= 0.3 is 0 Å². The minimum Gasteiger partial charge on any atom is -0.342 e. The van der Waals surface area contributed by atoms with Crippen LogP contribution < -0.4 is 0 Å². The van der Waals surface area contributed by atoms with Gasteiger partial charge < -0.3 is 4.57 Å². The fourth-order valence-corrected chi connectivity index (χ4v) is 2.30. The lowest BCUT2D eigenvalue weighted by molar-refractivity contribution is 0.112. The lowest BCUT2D eigenvalue weighted by Gasteiger charge is -2.07. The number of aromatic nitrogens is 1. The summed E-state index contributed by atoms with van der Waals surface area (Å²) >= 11 is 0. The van der Waals surface area contributed by atoms with Crippen molar-refractivity contribution in [3.05, 3.63) is 71.9 Å². The molecule has 0 bridgehead atoms. The molecule has 0 fully saturated rings. The highest BCUT2D eigenvalue weighted by Gasteiger charge is 2.05. The topological polar surface area (TPSA) is 22.0 Å². The van der Waals surface area contributed by atoms with Crippen molar-refractivity contribution < 1.29 is 4.79 Å². The molecule has 2 heteroatoms. The largest absolute Gasteiger partial charge is 0.342 e. The monoisotopic (exact) mass is 235 g/mol. The summed E-state index contributed by atoms with van der Waals surface area (Å²) in [5, 5.41) is 1.11. The van der Waals surface area contributed by atoms with E-state index >= 15 is 0 Å². The first kappa shape index (κ1) is 10.8. The molecule has 88 valence electrons. The Hall–Kier alpha value is -2.35. The molecule has 2 nitrogen and oxygen atoms in total. The minimum atomic E-state index is 0.744. The molecule has 0 saturated heterocycles. The van der Waals surface area contributed by atoms with Gasteiger partial charge in [-0.2, -0.15) is 0 Å². The second-order valence-electron chi connectivity index (χ2n) is 4.33. The van der Waals surface area contributed by atoms with Gasteiger partial charge in [0.1, 0.15) is 0 Å². The molecule has 1 heterocycles. The number of carbonyl (C=O) groups is 1. The molecule has 0 spiro atoms. The summed E-state index contributed by atoms with van der Waals surface area (Å²) in [6, 6.07) is 18.1. The molecule has 1 aromatic heterocycles. The van der Waals surface area contributed by atoms with Gasteiger partial charge in [-0.15, -0.1) is 0 Å². The van der Waals surface area contributed by atoms with Gasteiger partial charge in [-0.1, -0.05) is 42.5 Å². The van der Waals surface area contributed by atoms with E-state index in [1.807, 2.05) is 48.7 Å². The number of hydrogen-bond donors (Lipinski definition) is 0. The number of rotatable bonds is 3. The third-order valence-electron chi connectivity index (χ3n) is 3.14. The van der Waals surface area contributed by atoms with Crippen molar-refractivity contribution >= 4 is 17.2 Å². The number of aldehydes is 1. The molecule has 18 heavy (non-hydrogen) atoms. The van der Waals surface area contributed by atoms with E-state index in [0.29, 0.717) is 0 Å². The number of fused-ring (bicyclic) bond motifs is 1. The average molecular weight is 235 g/mol. The van der Waals surface area contributed by atoms with Crippen LogP contribution >= 0.6 is 0 Å². The van der Waals surface area contributed by atoms with Crippen LogP contribution in [0.15, 0.2) is 60.8 Å². The van der Waals surface area contributed by atoms with Crippen molar-refractivity contribution in [1.82, 2.24) is 4.57 Å². The molecule has 0 atom stereocenters. The van der Waals surface area contributed by atoms with Crippen molar-refractivity contribution in [2.24, 2.45) is 0 Å². The molecule has 3 rings (SSSR count). The van der Waals surface area contributed by atoms with Crippen LogP contribution in [0.25, 0.3) is 10.9 Å². The molecule has 0 N–H and O–H groups in total.